The van der Waals surface area contributed by atoms with Gasteiger partial charge in [0.25, 0.3) is 0 Å². The van der Waals surface area contributed by atoms with E-state index in [9.17, 15) is 0 Å². The number of hydrogen-bond acceptors (Lipinski definition) is 1. The van der Waals surface area contributed by atoms with Crippen molar-refractivity contribution < 1.29 is 0 Å². The van der Waals surface area contributed by atoms with Gasteiger partial charge in [-0.1, -0.05) is 31.5 Å². The Labute approximate surface area is 112 Å². The molecule has 1 saturated heterocycles. The zero-order chi connectivity index (χ0) is 13.3. The van der Waals surface area contributed by atoms with Crippen molar-refractivity contribution in [3.63, 3.8) is 0 Å². The lowest BCUT2D eigenvalue weighted by Gasteiger charge is -2.39. The molecule has 0 aromatic heterocycles. The molecule has 18 heavy (non-hydrogen) atoms. The van der Waals surface area contributed by atoms with E-state index in [1.54, 1.807) is 5.56 Å². The van der Waals surface area contributed by atoms with Gasteiger partial charge in [0.2, 0.25) is 0 Å². The van der Waals surface area contributed by atoms with Gasteiger partial charge in [-0.15, -0.1) is 0 Å². The van der Waals surface area contributed by atoms with Crippen LogP contribution in [0.5, 0.6) is 0 Å². The molecule has 1 aromatic rings. The first-order chi connectivity index (χ1) is 8.43. The van der Waals surface area contributed by atoms with Gasteiger partial charge in [0.15, 0.2) is 0 Å². The highest BCUT2D eigenvalue weighted by Gasteiger charge is 2.34. The minimum atomic E-state index is 0.273. The number of hydrogen-bond donors (Lipinski definition) is 1. The van der Waals surface area contributed by atoms with Crippen molar-refractivity contribution in [2.45, 2.75) is 52.9 Å². The first-order valence-corrected chi connectivity index (χ1v) is 7.22. The summed E-state index contributed by atoms with van der Waals surface area (Å²) < 4.78 is 0. The second-order valence-corrected chi connectivity index (χ2v) is 6.54. The highest BCUT2D eigenvalue weighted by Crippen LogP contribution is 2.39. The standard InChI is InChI=1S/C17H27N/c1-12-9-13(2)16(14(3)10-12)17(4,5)15-7-6-8-18-11-15/h9-10,15,18H,6-8,11H2,1-5H3. The number of benzene rings is 1. The monoisotopic (exact) mass is 245 g/mol. The second-order valence-electron chi connectivity index (χ2n) is 6.54. The predicted molar refractivity (Wildman–Crippen MR) is 79.3 cm³/mol. The molecular weight excluding hydrogens is 218 g/mol. The molecule has 1 heteroatoms. The van der Waals surface area contributed by atoms with Crippen LogP contribution in [0.2, 0.25) is 0 Å². The molecule has 1 heterocycles. The summed E-state index contributed by atoms with van der Waals surface area (Å²) in [5.41, 5.74) is 6.15. The van der Waals surface area contributed by atoms with Crippen LogP contribution in [-0.2, 0) is 5.41 Å². The van der Waals surface area contributed by atoms with Gasteiger partial charge in [-0.2, -0.15) is 0 Å². The summed E-state index contributed by atoms with van der Waals surface area (Å²) in [6.07, 6.45) is 2.67. The van der Waals surface area contributed by atoms with E-state index < -0.39 is 0 Å². The van der Waals surface area contributed by atoms with Crippen LogP contribution >= 0.6 is 0 Å². The third-order valence-corrected chi connectivity index (χ3v) is 4.64. The van der Waals surface area contributed by atoms with E-state index in [0.717, 1.165) is 5.92 Å². The average Bonchev–Trinajstić information content (AvgIpc) is 2.28. The van der Waals surface area contributed by atoms with E-state index in [4.69, 9.17) is 0 Å². The van der Waals surface area contributed by atoms with Crippen molar-refractivity contribution in [2.75, 3.05) is 13.1 Å². The summed E-state index contributed by atoms with van der Waals surface area (Å²) in [6, 6.07) is 4.67. The van der Waals surface area contributed by atoms with Gasteiger partial charge in [0.1, 0.15) is 0 Å². The Morgan fingerprint density at radius 3 is 2.22 bits per heavy atom. The molecule has 0 spiro atoms. The number of aryl methyl sites for hydroxylation is 3. The molecule has 1 aliphatic heterocycles. The van der Waals surface area contributed by atoms with Crippen molar-refractivity contribution in [1.29, 1.82) is 0 Å². The van der Waals surface area contributed by atoms with Crippen LogP contribution < -0.4 is 5.32 Å². The summed E-state index contributed by atoms with van der Waals surface area (Å²) in [5, 5.41) is 3.56. The predicted octanol–water partition coefficient (Wildman–Crippen LogP) is 3.89. The Bertz CT molecular complexity index is 402. The normalized spacial score (nSPS) is 21.1. The van der Waals surface area contributed by atoms with Crippen molar-refractivity contribution in [1.82, 2.24) is 5.32 Å². The van der Waals surface area contributed by atoms with Crippen LogP contribution in [0.4, 0.5) is 0 Å². The maximum atomic E-state index is 3.56. The molecule has 2 rings (SSSR count). The molecule has 0 radical (unpaired) electrons. The number of piperidine rings is 1. The molecule has 1 N–H and O–H groups in total. The van der Waals surface area contributed by atoms with Crippen molar-refractivity contribution in [2.24, 2.45) is 5.92 Å². The van der Waals surface area contributed by atoms with E-state index in [2.05, 4.69) is 52.1 Å². The van der Waals surface area contributed by atoms with E-state index in [1.165, 1.54) is 42.6 Å². The topological polar surface area (TPSA) is 12.0 Å². The lowest BCUT2D eigenvalue weighted by molar-refractivity contribution is 0.250. The lowest BCUT2D eigenvalue weighted by Crippen LogP contribution is -2.41. The van der Waals surface area contributed by atoms with Gasteiger partial charge in [-0.05, 0) is 74.7 Å². The number of rotatable bonds is 2. The minimum Gasteiger partial charge on any atom is -0.316 e. The molecule has 0 amide bonds. The van der Waals surface area contributed by atoms with E-state index in [1.807, 2.05) is 0 Å². The molecule has 0 saturated carbocycles. The third kappa shape index (κ3) is 2.47. The summed E-state index contributed by atoms with van der Waals surface area (Å²) in [5.74, 6) is 0.756. The number of nitrogens with one attached hydrogen (secondary N) is 1. The molecule has 1 atom stereocenters. The molecular formula is C17H27N. The van der Waals surface area contributed by atoms with Gasteiger partial charge < -0.3 is 5.32 Å². The van der Waals surface area contributed by atoms with Crippen LogP contribution in [0, 0.1) is 26.7 Å². The molecule has 1 aromatic carbocycles. The Hall–Kier alpha value is -0.820. The summed E-state index contributed by atoms with van der Waals surface area (Å²) >= 11 is 0. The van der Waals surface area contributed by atoms with Crippen molar-refractivity contribution in [3.05, 3.63) is 34.4 Å². The molecule has 1 aliphatic rings. The van der Waals surface area contributed by atoms with E-state index in [-0.39, 0.29) is 5.41 Å². The summed E-state index contributed by atoms with van der Waals surface area (Å²) in [4.78, 5) is 0. The van der Waals surface area contributed by atoms with E-state index in [0.29, 0.717) is 0 Å². The van der Waals surface area contributed by atoms with Crippen molar-refractivity contribution >= 4 is 0 Å². The SMILES string of the molecule is Cc1cc(C)c(C(C)(C)C2CCCNC2)c(C)c1. The maximum absolute atomic E-state index is 3.56. The van der Waals surface area contributed by atoms with E-state index >= 15 is 0 Å². The average molecular weight is 245 g/mol. The highest BCUT2D eigenvalue weighted by atomic mass is 14.9. The first kappa shape index (κ1) is 13.6. The Morgan fingerprint density at radius 2 is 1.72 bits per heavy atom. The second kappa shape index (κ2) is 5.05. The first-order valence-electron chi connectivity index (χ1n) is 7.22. The van der Waals surface area contributed by atoms with Gasteiger partial charge in [-0.3, -0.25) is 0 Å². The molecule has 1 fully saturated rings. The smallest absolute Gasteiger partial charge is 0.00122 e. The van der Waals surface area contributed by atoms with Crippen LogP contribution in [0.25, 0.3) is 0 Å². The summed E-state index contributed by atoms with van der Waals surface area (Å²) in [6.45, 7) is 13.9. The fourth-order valence-electron chi connectivity index (χ4n) is 3.87. The lowest BCUT2D eigenvalue weighted by atomic mass is 9.68. The quantitative estimate of drug-likeness (QED) is 0.833. The Balaban J connectivity index is 2.39. The van der Waals surface area contributed by atoms with Crippen LogP contribution in [-0.4, -0.2) is 13.1 Å². The fraction of sp³-hybridized carbons (Fsp3) is 0.647. The van der Waals surface area contributed by atoms with Crippen LogP contribution in [0.3, 0.4) is 0 Å². The maximum Gasteiger partial charge on any atom is -0.00122 e. The molecule has 1 nitrogen and oxygen atoms in total. The zero-order valence-electron chi connectivity index (χ0n) is 12.6. The fourth-order valence-corrected chi connectivity index (χ4v) is 3.87. The van der Waals surface area contributed by atoms with Gasteiger partial charge in [0, 0.05) is 0 Å². The Kier molecular flexibility index (Phi) is 3.82. The zero-order valence-corrected chi connectivity index (χ0v) is 12.6. The third-order valence-electron chi connectivity index (χ3n) is 4.64. The molecule has 100 valence electrons. The van der Waals surface area contributed by atoms with Crippen LogP contribution in [0.15, 0.2) is 12.1 Å². The largest absolute Gasteiger partial charge is 0.316 e. The molecule has 1 unspecified atom stereocenters. The Morgan fingerprint density at radius 1 is 1.11 bits per heavy atom. The van der Waals surface area contributed by atoms with Crippen molar-refractivity contribution in [3.8, 4) is 0 Å². The molecule has 0 aliphatic carbocycles. The molecule has 0 bridgehead atoms. The summed E-state index contributed by atoms with van der Waals surface area (Å²) in [7, 11) is 0. The van der Waals surface area contributed by atoms with Gasteiger partial charge >= 0.3 is 0 Å². The highest BCUT2D eigenvalue weighted by molar-refractivity contribution is 5.42. The minimum absolute atomic E-state index is 0.273. The van der Waals surface area contributed by atoms with Crippen LogP contribution in [0.1, 0.15) is 48.9 Å². The van der Waals surface area contributed by atoms with Gasteiger partial charge in [0.05, 0.1) is 0 Å². The van der Waals surface area contributed by atoms with Gasteiger partial charge in [-0.25, -0.2) is 0 Å².